The molecule has 0 radical (unpaired) electrons. The molecule has 1 saturated heterocycles. The van der Waals surface area contributed by atoms with E-state index in [0.29, 0.717) is 0 Å². The maximum atomic E-state index is 13.4. The van der Waals surface area contributed by atoms with E-state index in [1.54, 1.807) is 12.1 Å². The van der Waals surface area contributed by atoms with Gasteiger partial charge in [-0.15, -0.1) is 5.10 Å². The Morgan fingerprint density at radius 3 is 2.67 bits per heavy atom. The average molecular weight is 652 g/mol. The highest BCUT2D eigenvalue weighted by atomic mass is 79.9. The number of nitrogens with zero attached hydrogens (tertiary/aromatic N) is 4. The predicted molar refractivity (Wildman–Crippen MR) is 135 cm³/mol. The Balaban J connectivity index is 1.62. The van der Waals surface area contributed by atoms with E-state index >= 15 is 0 Å². The minimum absolute atomic E-state index is 0.0563. The van der Waals surface area contributed by atoms with Crippen LogP contribution in [0, 0.1) is 0 Å². The molecule has 1 unspecified atom stereocenters. The van der Waals surface area contributed by atoms with Crippen LogP contribution in [0.4, 0.5) is 18.9 Å². The SMILES string of the molecule is COc1cc(C(=O)Nc2c(Br)cc(Cl)cc2C(=O)NC2CON(CC(F)(F)F)C2=O)n(-c2ncccc2Cl)n1. The van der Waals surface area contributed by atoms with E-state index in [-0.39, 0.29) is 48.2 Å². The number of hydrogen-bond donors (Lipinski definition) is 2. The van der Waals surface area contributed by atoms with Crippen molar-refractivity contribution in [2.24, 2.45) is 0 Å². The van der Waals surface area contributed by atoms with Crippen LogP contribution in [0.3, 0.4) is 0 Å². The molecule has 0 bridgehead atoms. The quantitative estimate of drug-likeness (QED) is 0.395. The summed E-state index contributed by atoms with van der Waals surface area (Å²) in [6.07, 6.45) is -3.25. The van der Waals surface area contributed by atoms with E-state index in [4.69, 9.17) is 32.8 Å². The summed E-state index contributed by atoms with van der Waals surface area (Å²) < 4.78 is 44.5. The largest absolute Gasteiger partial charge is 0.480 e. The van der Waals surface area contributed by atoms with Gasteiger partial charge in [0.1, 0.15) is 24.9 Å². The van der Waals surface area contributed by atoms with E-state index in [2.05, 4.69) is 36.6 Å². The number of hydrogen-bond acceptors (Lipinski definition) is 7. The molecule has 0 spiro atoms. The zero-order valence-corrected chi connectivity index (χ0v) is 22.7. The van der Waals surface area contributed by atoms with Gasteiger partial charge in [-0.3, -0.25) is 19.2 Å². The Labute approximate surface area is 236 Å². The first-order valence-electron chi connectivity index (χ1n) is 10.7. The molecule has 3 aromatic rings. The van der Waals surface area contributed by atoms with Crippen LogP contribution in [0.1, 0.15) is 20.8 Å². The van der Waals surface area contributed by atoms with Gasteiger partial charge in [0.2, 0.25) is 5.88 Å². The fourth-order valence-corrected chi connectivity index (χ4v) is 4.58. The molecule has 3 amide bonds. The molecule has 1 aromatic carbocycles. The highest BCUT2D eigenvalue weighted by Crippen LogP contribution is 2.32. The molecule has 2 N–H and O–H groups in total. The number of rotatable bonds is 7. The Kier molecular flexibility index (Phi) is 8.34. The van der Waals surface area contributed by atoms with Gasteiger partial charge in [0.05, 0.1) is 23.4 Å². The first-order valence-corrected chi connectivity index (χ1v) is 12.3. The van der Waals surface area contributed by atoms with Gasteiger partial charge < -0.3 is 15.4 Å². The standard InChI is InChI=1S/C22H16BrCl2F3N6O5/c1-38-16-7-15(34(32-16)18-13(25)3-2-4-29-18)20(36)31-17-11(5-10(24)6-12(17)23)19(35)30-14-8-39-33(21(14)37)9-22(26,27)28/h2-7,14H,8-9H2,1H3,(H,30,35)(H,31,36). The molecular formula is C22H16BrCl2F3N6O5. The number of aromatic nitrogens is 3. The van der Waals surface area contributed by atoms with Gasteiger partial charge in [0.15, 0.2) is 5.82 Å². The zero-order chi connectivity index (χ0) is 28.5. The number of amides is 3. The summed E-state index contributed by atoms with van der Waals surface area (Å²) in [6.45, 7) is -2.16. The molecule has 11 nitrogen and oxygen atoms in total. The van der Waals surface area contributed by atoms with Gasteiger partial charge in [-0.1, -0.05) is 23.2 Å². The molecule has 0 saturated carbocycles. The number of anilines is 1. The van der Waals surface area contributed by atoms with Crippen LogP contribution < -0.4 is 15.4 Å². The monoisotopic (exact) mass is 650 g/mol. The van der Waals surface area contributed by atoms with E-state index in [1.807, 2.05) is 0 Å². The van der Waals surface area contributed by atoms with Crippen LogP contribution >= 0.6 is 39.1 Å². The lowest BCUT2D eigenvalue weighted by molar-refractivity contribution is -0.214. The lowest BCUT2D eigenvalue weighted by Gasteiger charge is -2.17. The molecule has 0 aliphatic carbocycles. The Morgan fingerprint density at radius 2 is 2.00 bits per heavy atom. The zero-order valence-electron chi connectivity index (χ0n) is 19.6. The molecule has 2 aromatic heterocycles. The molecule has 1 aliphatic rings. The summed E-state index contributed by atoms with van der Waals surface area (Å²) in [5.74, 6) is -2.57. The molecular weight excluding hydrogens is 636 g/mol. The lowest BCUT2D eigenvalue weighted by atomic mass is 10.1. The number of carbonyl (C=O) groups is 3. The highest BCUT2D eigenvalue weighted by Gasteiger charge is 2.41. The fourth-order valence-electron chi connectivity index (χ4n) is 3.47. The van der Waals surface area contributed by atoms with Crippen molar-refractivity contribution in [3.05, 3.63) is 62.3 Å². The summed E-state index contributed by atoms with van der Waals surface area (Å²) >= 11 is 15.6. The highest BCUT2D eigenvalue weighted by molar-refractivity contribution is 9.10. The number of nitrogens with one attached hydrogen (secondary N) is 2. The molecule has 1 atom stereocenters. The molecule has 206 valence electrons. The van der Waals surface area contributed by atoms with Crippen molar-refractivity contribution < 1.29 is 37.1 Å². The molecule has 4 rings (SSSR count). The van der Waals surface area contributed by atoms with Crippen LogP contribution in [0.15, 0.2) is 41.0 Å². The molecule has 17 heteroatoms. The second-order valence-electron chi connectivity index (χ2n) is 7.87. The third kappa shape index (κ3) is 6.43. The first kappa shape index (κ1) is 28.6. The topological polar surface area (TPSA) is 128 Å². The van der Waals surface area contributed by atoms with Gasteiger partial charge in [-0.05, 0) is 40.2 Å². The summed E-state index contributed by atoms with van der Waals surface area (Å²) in [4.78, 5) is 47.7. The average Bonchev–Trinajstić information content (AvgIpc) is 3.44. The molecule has 3 heterocycles. The second-order valence-corrected chi connectivity index (χ2v) is 9.57. The maximum Gasteiger partial charge on any atom is 0.408 e. The number of ether oxygens (including phenoxy) is 1. The number of benzene rings is 1. The van der Waals surface area contributed by atoms with Crippen molar-refractivity contribution in [1.82, 2.24) is 25.1 Å². The van der Waals surface area contributed by atoms with Crippen molar-refractivity contribution in [3.63, 3.8) is 0 Å². The number of pyridine rings is 1. The van der Waals surface area contributed by atoms with Gasteiger partial charge in [-0.2, -0.15) is 13.2 Å². The molecule has 1 fully saturated rings. The van der Waals surface area contributed by atoms with Crippen molar-refractivity contribution in [3.8, 4) is 11.7 Å². The van der Waals surface area contributed by atoms with Crippen molar-refractivity contribution >= 4 is 62.5 Å². The minimum atomic E-state index is -4.70. The Hall–Kier alpha value is -3.40. The third-order valence-electron chi connectivity index (χ3n) is 5.18. The van der Waals surface area contributed by atoms with Crippen LogP contribution in [-0.4, -0.2) is 70.0 Å². The van der Waals surface area contributed by atoms with Gasteiger partial charge in [0, 0.05) is 21.8 Å². The number of carbonyl (C=O) groups excluding carboxylic acids is 3. The van der Waals surface area contributed by atoms with Crippen molar-refractivity contribution in [2.45, 2.75) is 12.2 Å². The normalized spacial score (nSPS) is 15.4. The van der Waals surface area contributed by atoms with E-state index in [1.165, 1.54) is 31.5 Å². The first-order chi connectivity index (χ1) is 18.4. The predicted octanol–water partition coefficient (Wildman–Crippen LogP) is 4.03. The van der Waals surface area contributed by atoms with E-state index in [0.717, 1.165) is 4.68 Å². The number of halogens is 6. The summed E-state index contributed by atoms with van der Waals surface area (Å²) in [7, 11) is 1.34. The number of hydroxylamine groups is 2. The van der Waals surface area contributed by atoms with Gasteiger partial charge in [0.25, 0.3) is 17.7 Å². The van der Waals surface area contributed by atoms with Gasteiger partial charge in [-0.25, -0.2) is 14.7 Å². The maximum absolute atomic E-state index is 13.4. The van der Waals surface area contributed by atoms with E-state index in [9.17, 15) is 27.6 Å². The number of methoxy groups -OCH3 is 1. The van der Waals surface area contributed by atoms with Crippen molar-refractivity contribution in [2.75, 3.05) is 25.6 Å². The lowest BCUT2D eigenvalue weighted by Crippen LogP contribution is -2.44. The smallest absolute Gasteiger partial charge is 0.408 e. The molecule has 39 heavy (non-hydrogen) atoms. The van der Waals surface area contributed by atoms with Crippen LogP contribution in [0.2, 0.25) is 10.0 Å². The minimum Gasteiger partial charge on any atom is -0.480 e. The summed E-state index contributed by atoms with van der Waals surface area (Å²) in [6, 6.07) is 5.65. The van der Waals surface area contributed by atoms with Gasteiger partial charge >= 0.3 is 6.18 Å². The third-order valence-corrected chi connectivity index (χ3v) is 6.31. The summed E-state index contributed by atoms with van der Waals surface area (Å²) in [5, 5.41) is 9.45. The summed E-state index contributed by atoms with van der Waals surface area (Å²) in [5.41, 5.74) is -0.319. The number of alkyl halides is 3. The van der Waals surface area contributed by atoms with Crippen LogP contribution in [-0.2, 0) is 9.63 Å². The molecule has 1 aliphatic heterocycles. The second kappa shape index (κ2) is 11.4. The van der Waals surface area contributed by atoms with Crippen LogP contribution in [0.5, 0.6) is 5.88 Å². The Morgan fingerprint density at radius 1 is 1.26 bits per heavy atom. The van der Waals surface area contributed by atoms with Crippen LogP contribution in [0.25, 0.3) is 5.82 Å². The Bertz CT molecular complexity index is 1450. The fraction of sp³-hybridized carbons (Fsp3) is 0.227. The van der Waals surface area contributed by atoms with Crippen molar-refractivity contribution in [1.29, 1.82) is 0 Å². The van der Waals surface area contributed by atoms with E-state index < -0.39 is 43.1 Å².